The zero-order chi connectivity index (χ0) is 20.3. The van der Waals surface area contributed by atoms with Crippen LogP contribution in [0.25, 0.3) is 0 Å². The van der Waals surface area contributed by atoms with Crippen molar-refractivity contribution in [2.24, 2.45) is 0 Å². The number of ether oxygens (including phenoxy) is 4. The van der Waals surface area contributed by atoms with E-state index in [0.29, 0.717) is 18.9 Å². The number of nitrogens with one attached hydrogen (secondary N) is 1. The minimum absolute atomic E-state index is 0.175. The van der Waals surface area contributed by atoms with Crippen LogP contribution in [0, 0.1) is 0 Å². The van der Waals surface area contributed by atoms with E-state index < -0.39 is 6.10 Å². The summed E-state index contributed by atoms with van der Waals surface area (Å²) in [5.41, 5.74) is 1.91. The van der Waals surface area contributed by atoms with Crippen molar-refractivity contribution in [1.29, 1.82) is 0 Å². The zero-order valence-corrected chi connectivity index (χ0v) is 16.2. The molecule has 5 rings (SSSR count). The summed E-state index contributed by atoms with van der Waals surface area (Å²) in [4.78, 5) is 13.0. The van der Waals surface area contributed by atoms with Gasteiger partial charge in [0.15, 0.2) is 17.6 Å². The van der Waals surface area contributed by atoms with E-state index >= 15 is 0 Å². The molecule has 6 nitrogen and oxygen atoms in total. The lowest BCUT2D eigenvalue weighted by atomic mass is 9.95. The van der Waals surface area contributed by atoms with Crippen LogP contribution in [-0.2, 0) is 11.3 Å². The number of carbonyl (C=O) groups excluding carboxylic acids is 1. The summed E-state index contributed by atoms with van der Waals surface area (Å²) in [5.74, 6) is 2.53. The second-order valence-corrected chi connectivity index (χ2v) is 7.21. The van der Waals surface area contributed by atoms with Crippen LogP contribution in [0.5, 0.6) is 23.0 Å². The van der Waals surface area contributed by atoms with Crippen molar-refractivity contribution in [3.63, 3.8) is 0 Å². The van der Waals surface area contributed by atoms with Gasteiger partial charge in [-0.15, -0.1) is 0 Å². The smallest absolute Gasteiger partial charge is 0.262 e. The summed E-state index contributed by atoms with van der Waals surface area (Å²) in [5, 5.41) is 2.98. The Morgan fingerprint density at radius 2 is 1.73 bits per heavy atom. The number of hydrogen-bond acceptors (Lipinski definition) is 5. The molecule has 3 aromatic rings. The van der Waals surface area contributed by atoms with Crippen molar-refractivity contribution in [3.05, 3.63) is 83.9 Å². The molecule has 2 unspecified atom stereocenters. The second kappa shape index (κ2) is 7.99. The van der Waals surface area contributed by atoms with E-state index in [-0.39, 0.29) is 18.6 Å². The molecule has 0 saturated carbocycles. The van der Waals surface area contributed by atoms with Crippen molar-refractivity contribution in [1.82, 2.24) is 5.32 Å². The molecule has 0 radical (unpaired) electrons. The number of rotatable bonds is 6. The molecular weight excluding hydrogens is 382 g/mol. The molecule has 1 N–H and O–H groups in total. The van der Waals surface area contributed by atoms with Crippen LogP contribution in [-0.4, -0.2) is 25.4 Å². The van der Waals surface area contributed by atoms with Crippen molar-refractivity contribution >= 4 is 5.91 Å². The molecule has 0 aliphatic carbocycles. The molecular formula is C24H21NO5. The van der Waals surface area contributed by atoms with Gasteiger partial charge in [0.05, 0.1) is 12.5 Å². The highest BCUT2D eigenvalue weighted by atomic mass is 16.7. The Kier molecular flexibility index (Phi) is 4.89. The maximum atomic E-state index is 13.0. The van der Waals surface area contributed by atoms with Crippen LogP contribution in [0.15, 0.2) is 72.8 Å². The van der Waals surface area contributed by atoms with Crippen LogP contribution in [0.1, 0.15) is 17.0 Å². The van der Waals surface area contributed by atoms with Gasteiger partial charge in [0.2, 0.25) is 6.79 Å². The normalized spacial score (nSPS) is 18.4. The average molecular weight is 403 g/mol. The van der Waals surface area contributed by atoms with Gasteiger partial charge in [0, 0.05) is 12.1 Å². The Labute approximate surface area is 174 Å². The molecule has 1 amide bonds. The Hall–Kier alpha value is -3.67. The van der Waals surface area contributed by atoms with Crippen LogP contribution >= 0.6 is 0 Å². The Morgan fingerprint density at radius 3 is 2.63 bits per heavy atom. The standard InChI is InChI=1S/C24H21NO5/c26-24(25-13-16-10-11-21-22(12-16)29-15-28-21)23-19(14-27-17-6-2-1-3-7-17)18-8-4-5-9-20(18)30-23/h1-12,19,23H,13-15H2,(H,25,26). The third-order valence-electron chi connectivity index (χ3n) is 5.27. The first-order valence-electron chi connectivity index (χ1n) is 9.87. The number of hydrogen-bond donors (Lipinski definition) is 1. The van der Waals surface area contributed by atoms with Crippen molar-refractivity contribution < 1.29 is 23.7 Å². The Morgan fingerprint density at radius 1 is 0.933 bits per heavy atom. The fourth-order valence-electron chi connectivity index (χ4n) is 3.73. The number of fused-ring (bicyclic) bond motifs is 2. The maximum absolute atomic E-state index is 13.0. The van der Waals surface area contributed by atoms with Crippen molar-refractivity contribution in [2.75, 3.05) is 13.4 Å². The number of amides is 1. The molecule has 2 heterocycles. The predicted octanol–water partition coefficient (Wildman–Crippen LogP) is 3.66. The average Bonchev–Trinajstić information content (AvgIpc) is 3.41. The molecule has 0 fully saturated rings. The maximum Gasteiger partial charge on any atom is 0.262 e. The number of para-hydroxylation sites is 2. The highest BCUT2D eigenvalue weighted by Gasteiger charge is 2.39. The van der Waals surface area contributed by atoms with Gasteiger partial charge in [-0.2, -0.15) is 0 Å². The fraction of sp³-hybridized carbons (Fsp3) is 0.208. The number of benzene rings is 3. The van der Waals surface area contributed by atoms with Crippen molar-refractivity contribution in [2.45, 2.75) is 18.6 Å². The van der Waals surface area contributed by atoms with Gasteiger partial charge >= 0.3 is 0 Å². The Bertz CT molecular complexity index is 1050. The van der Waals surface area contributed by atoms with Gasteiger partial charge in [0.1, 0.15) is 11.5 Å². The van der Waals surface area contributed by atoms with Crippen LogP contribution < -0.4 is 24.3 Å². The quantitative estimate of drug-likeness (QED) is 0.681. The third-order valence-corrected chi connectivity index (χ3v) is 5.27. The molecule has 152 valence electrons. The van der Waals surface area contributed by atoms with Crippen molar-refractivity contribution in [3.8, 4) is 23.0 Å². The van der Waals surface area contributed by atoms with E-state index in [4.69, 9.17) is 18.9 Å². The monoisotopic (exact) mass is 403 g/mol. The molecule has 2 aliphatic heterocycles. The lowest BCUT2D eigenvalue weighted by molar-refractivity contribution is -0.128. The van der Waals surface area contributed by atoms with E-state index in [0.717, 1.165) is 28.4 Å². The predicted molar refractivity (Wildman–Crippen MR) is 110 cm³/mol. The summed E-state index contributed by atoms with van der Waals surface area (Å²) in [6, 6.07) is 22.9. The highest BCUT2D eigenvalue weighted by molar-refractivity contribution is 5.83. The van der Waals surface area contributed by atoms with E-state index in [1.807, 2.05) is 72.8 Å². The van der Waals surface area contributed by atoms with Gasteiger partial charge in [-0.1, -0.05) is 42.5 Å². The first-order chi connectivity index (χ1) is 14.8. The fourth-order valence-corrected chi connectivity index (χ4v) is 3.73. The van der Waals surface area contributed by atoms with Gasteiger partial charge in [-0.3, -0.25) is 4.79 Å². The van der Waals surface area contributed by atoms with Crippen LogP contribution in [0.3, 0.4) is 0 Å². The third kappa shape index (κ3) is 3.64. The Balaban J connectivity index is 1.28. The molecule has 3 aromatic carbocycles. The molecule has 30 heavy (non-hydrogen) atoms. The first kappa shape index (κ1) is 18.4. The zero-order valence-electron chi connectivity index (χ0n) is 16.2. The molecule has 2 aliphatic rings. The lowest BCUT2D eigenvalue weighted by Gasteiger charge is -2.19. The van der Waals surface area contributed by atoms with Gasteiger partial charge in [-0.25, -0.2) is 0 Å². The van der Waals surface area contributed by atoms with Gasteiger partial charge in [-0.05, 0) is 35.9 Å². The van der Waals surface area contributed by atoms with E-state index in [1.54, 1.807) is 0 Å². The topological polar surface area (TPSA) is 66.0 Å². The molecule has 0 aromatic heterocycles. The minimum atomic E-state index is -0.653. The minimum Gasteiger partial charge on any atom is -0.493 e. The van der Waals surface area contributed by atoms with Crippen LogP contribution in [0.4, 0.5) is 0 Å². The largest absolute Gasteiger partial charge is 0.493 e. The SMILES string of the molecule is O=C(NCc1ccc2c(c1)OCO2)C1Oc2ccccc2C1COc1ccccc1. The summed E-state index contributed by atoms with van der Waals surface area (Å²) >= 11 is 0. The molecule has 0 spiro atoms. The van der Waals surface area contributed by atoms with E-state index in [2.05, 4.69) is 5.32 Å². The van der Waals surface area contributed by atoms with E-state index in [1.165, 1.54) is 0 Å². The molecule has 0 bridgehead atoms. The summed E-state index contributed by atoms with van der Waals surface area (Å²) in [7, 11) is 0. The summed E-state index contributed by atoms with van der Waals surface area (Å²) in [6.45, 7) is 0.948. The first-order valence-corrected chi connectivity index (χ1v) is 9.87. The highest BCUT2D eigenvalue weighted by Crippen LogP contribution is 2.38. The molecule has 2 atom stereocenters. The molecule has 0 saturated heterocycles. The van der Waals surface area contributed by atoms with E-state index in [9.17, 15) is 4.79 Å². The summed E-state index contributed by atoms with van der Waals surface area (Å²) in [6.07, 6.45) is -0.653. The summed E-state index contributed by atoms with van der Waals surface area (Å²) < 4.78 is 22.7. The van der Waals surface area contributed by atoms with Gasteiger partial charge < -0.3 is 24.3 Å². The van der Waals surface area contributed by atoms with Gasteiger partial charge in [0.25, 0.3) is 5.91 Å². The lowest BCUT2D eigenvalue weighted by Crippen LogP contribution is -2.40. The number of carbonyl (C=O) groups is 1. The molecule has 6 heteroatoms. The van der Waals surface area contributed by atoms with Crippen LogP contribution in [0.2, 0.25) is 0 Å². The second-order valence-electron chi connectivity index (χ2n) is 7.21.